The molecule has 1 aliphatic rings. The van der Waals surface area contributed by atoms with Crippen molar-refractivity contribution in [2.45, 2.75) is 38.6 Å². The van der Waals surface area contributed by atoms with E-state index in [4.69, 9.17) is 0 Å². The van der Waals surface area contributed by atoms with E-state index < -0.39 is 0 Å². The number of carbonyl (C=O) groups excluding carboxylic acids is 2. The van der Waals surface area contributed by atoms with Crippen molar-refractivity contribution in [2.75, 3.05) is 7.11 Å². The number of hydrogen-bond acceptors (Lipinski definition) is 3. The highest BCUT2D eigenvalue weighted by atomic mass is 16.5. The normalized spacial score (nSPS) is 21.5. The zero-order valence-corrected chi connectivity index (χ0v) is 13.2. The smallest absolute Gasteiger partial charge is 0.337 e. The van der Waals surface area contributed by atoms with E-state index in [2.05, 4.69) is 17.0 Å². The second-order valence-corrected chi connectivity index (χ2v) is 5.82. The number of amides is 1. The summed E-state index contributed by atoms with van der Waals surface area (Å²) in [5.74, 6) is 0.126. The van der Waals surface area contributed by atoms with Gasteiger partial charge < -0.3 is 10.1 Å². The minimum absolute atomic E-state index is 0.0594. The van der Waals surface area contributed by atoms with Gasteiger partial charge in [0.15, 0.2) is 0 Å². The van der Waals surface area contributed by atoms with E-state index in [1.165, 1.54) is 26.4 Å². The van der Waals surface area contributed by atoms with Crippen molar-refractivity contribution in [1.82, 2.24) is 5.32 Å². The average molecular weight is 301 g/mol. The van der Waals surface area contributed by atoms with Gasteiger partial charge >= 0.3 is 5.97 Å². The highest BCUT2D eigenvalue weighted by Crippen LogP contribution is 2.23. The van der Waals surface area contributed by atoms with Crippen molar-refractivity contribution in [1.29, 1.82) is 0 Å². The van der Waals surface area contributed by atoms with Crippen molar-refractivity contribution < 1.29 is 14.3 Å². The van der Waals surface area contributed by atoms with Crippen molar-refractivity contribution in [2.24, 2.45) is 5.92 Å². The molecule has 1 saturated carbocycles. The summed E-state index contributed by atoms with van der Waals surface area (Å²) >= 11 is 0. The molecule has 4 heteroatoms. The number of carbonyl (C=O) groups is 2. The number of ether oxygens (including phenoxy) is 1. The molecule has 1 amide bonds. The zero-order valence-electron chi connectivity index (χ0n) is 13.2. The van der Waals surface area contributed by atoms with Gasteiger partial charge in [-0.3, -0.25) is 4.79 Å². The van der Waals surface area contributed by atoms with Gasteiger partial charge in [-0.05, 0) is 42.5 Å². The Kier molecular flexibility index (Phi) is 5.75. The summed E-state index contributed by atoms with van der Waals surface area (Å²) in [6.45, 7) is 2.19. The van der Waals surface area contributed by atoms with E-state index in [9.17, 15) is 9.59 Å². The van der Waals surface area contributed by atoms with Crippen LogP contribution in [0.15, 0.2) is 30.3 Å². The first kappa shape index (κ1) is 16.3. The molecule has 0 saturated heterocycles. The SMILES string of the molecule is COC(=O)c1ccc(/C=C/C(=O)NC2CCCCC2C)cc1. The van der Waals surface area contributed by atoms with E-state index >= 15 is 0 Å². The van der Waals surface area contributed by atoms with Crippen LogP contribution in [0.3, 0.4) is 0 Å². The third-order valence-corrected chi connectivity index (χ3v) is 4.20. The first-order valence-electron chi connectivity index (χ1n) is 7.77. The summed E-state index contributed by atoms with van der Waals surface area (Å²) < 4.78 is 4.65. The van der Waals surface area contributed by atoms with Crippen LogP contribution in [0.1, 0.15) is 48.5 Å². The summed E-state index contributed by atoms with van der Waals surface area (Å²) in [4.78, 5) is 23.3. The van der Waals surface area contributed by atoms with Crippen molar-refractivity contribution in [3.05, 3.63) is 41.5 Å². The first-order chi connectivity index (χ1) is 10.6. The lowest BCUT2D eigenvalue weighted by atomic mass is 9.86. The van der Waals surface area contributed by atoms with Crippen LogP contribution in [0.2, 0.25) is 0 Å². The summed E-state index contributed by atoms with van der Waals surface area (Å²) in [5, 5.41) is 3.08. The standard InChI is InChI=1S/C18H23NO3/c1-13-5-3-4-6-16(13)19-17(20)12-9-14-7-10-15(11-8-14)18(21)22-2/h7-13,16H,3-6H2,1-2H3,(H,19,20)/b12-9+. The molecule has 22 heavy (non-hydrogen) atoms. The Balaban J connectivity index is 1.90. The van der Waals surface area contributed by atoms with Crippen LogP contribution in [0, 0.1) is 5.92 Å². The third-order valence-electron chi connectivity index (χ3n) is 4.20. The summed E-state index contributed by atoms with van der Waals surface area (Å²) in [6.07, 6.45) is 8.00. The van der Waals surface area contributed by atoms with E-state index in [0.717, 1.165) is 12.0 Å². The van der Waals surface area contributed by atoms with E-state index in [-0.39, 0.29) is 17.9 Å². The van der Waals surface area contributed by atoms with Crippen LogP contribution in [-0.4, -0.2) is 25.0 Å². The lowest BCUT2D eigenvalue weighted by Crippen LogP contribution is -2.40. The molecular formula is C18H23NO3. The van der Waals surface area contributed by atoms with Crippen LogP contribution < -0.4 is 5.32 Å². The largest absolute Gasteiger partial charge is 0.465 e. The molecule has 118 valence electrons. The monoisotopic (exact) mass is 301 g/mol. The fourth-order valence-corrected chi connectivity index (χ4v) is 2.78. The number of methoxy groups -OCH3 is 1. The van der Waals surface area contributed by atoms with Crippen LogP contribution in [-0.2, 0) is 9.53 Å². The molecule has 0 aliphatic heterocycles. The molecule has 1 fully saturated rings. The van der Waals surface area contributed by atoms with Gasteiger partial charge in [-0.25, -0.2) is 4.79 Å². The van der Waals surface area contributed by atoms with Gasteiger partial charge in [0.2, 0.25) is 5.91 Å². The second-order valence-electron chi connectivity index (χ2n) is 5.82. The van der Waals surface area contributed by atoms with Crippen LogP contribution in [0.25, 0.3) is 6.08 Å². The summed E-state index contributed by atoms with van der Waals surface area (Å²) in [6, 6.07) is 7.24. The molecule has 1 aliphatic carbocycles. The number of benzene rings is 1. The predicted molar refractivity (Wildman–Crippen MR) is 86.4 cm³/mol. The Morgan fingerprint density at radius 3 is 2.50 bits per heavy atom. The Morgan fingerprint density at radius 2 is 1.86 bits per heavy atom. The molecule has 1 aromatic carbocycles. The van der Waals surface area contributed by atoms with Gasteiger partial charge in [0.25, 0.3) is 0 Å². The molecule has 0 heterocycles. The van der Waals surface area contributed by atoms with E-state index in [1.807, 2.05) is 0 Å². The van der Waals surface area contributed by atoms with Crippen molar-refractivity contribution >= 4 is 18.0 Å². The van der Waals surface area contributed by atoms with Gasteiger partial charge in [-0.2, -0.15) is 0 Å². The van der Waals surface area contributed by atoms with Crippen LogP contribution >= 0.6 is 0 Å². The molecule has 0 aromatic heterocycles. The Bertz CT molecular complexity index is 548. The zero-order chi connectivity index (χ0) is 15.9. The van der Waals surface area contributed by atoms with Gasteiger partial charge in [0.05, 0.1) is 12.7 Å². The lowest BCUT2D eigenvalue weighted by Gasteiger charge is -2.29. The first-order valence-corrected chi connectivity index (χ1v) is 7.77. The molecule has 0 radical (unpaired) electrons. The Labute approximate surface area is 131 Å². The van der Waals surface area contributed by atoms with Crippen molar-refractivity contribution in [3.63, 3.8) is 0 Å². The molecule has 0 spiro atoms. The van der Waals surface area contributed by atoms with Gasteiger partial charge in [-0.1, -0.05) is 31.9 Å². The lowest BCUT2D eigenvalue weighted by molar-refractivity contribution is -0.117. The summed E-state index contributed by atoms with van der Waals surface area (Å²) in [5.41, 5.74) is 1.37. The second kappa shape index (κ2) is 7.78. The molecule has 2 rings (SSSR count). The van der Waals surface area contributed by atoms with Gasteiger partial charge in [-0.15, -0.1) is 0 Å². The topological polar surface area (TPSA) is 55.4 Å². The molecule has 4 nitrogen and oxygen atoms in total. The Morgan fingerprint density at radius 1 is 1.18 bits per heavy atom. The quantitative estimate of drug-likeness (QED) is 0.686. The highest BCUT2D eigenvalue weighted by Gasteiger charge is 2.21. The number of hydrogen-bond donors (Lipinski definition) is 1. The van der Waals surface area contributed by atoms with Gasteiger partial charge in [0, 0.05) is 12.1 Å². The fourth-order valence-electron chi connectivity index (χ4n) is 2.78. The average Bonchev–Trinajstić information content (AvgIpc) is 2.55. The molecular weight excluding hydrogens is 278 g/mol. The predicted octanol–water partition coefficient (Wildman–Crippen LogP) is 3.18. The number of rotatable bonds is 4. The maximum absolute atomic E-state index is 12.0. The van der Waals surface area contributed by atoms with Gasteiger partial charge in [0.1, 0.15) is 0 Å². The minimum atomic E-state index is -0.362. The summed E-state index contributed by atoms with van der Waals surface area (Å²) in [7, 11) is 1.35. The third kappa shape index (κ3) is 4.45. The molecule has 2 atom stereocenters. The maximum Gasteiger partial charge on any atom is 0.337 e. The molecule has 0 bridgehead atoms. The molecule has 2 unspecified atom stereocenters. The minimum Gasteiger partial charge on any atom is -0.465 e. The number of esters is 1. The molecule has 1 N–H and O–H groups in total. The van der Waals surface area contributed by atoms with Crippen LogP contribution in [0.5, 0.6) is 0 Å². The van der Waals surface area contributed by atoms with E-state index in [0.29, 0.717) is 11.5 Å². The van der Waals surface area contributed by atoms with Crippen LogP contribution in [0.4, 0.5) is 0 Å². The Hall–Kier alpha value is -2.10. The highest BCUT2D eigenvalue weighted by molar-refractivity contribution is 5.92. The number of nitrogens with one attached hydrogen (secondary N) is 1. The van der Waals surface area contributed by atoms with Crippen molar-refractivity contribution in [3.8, 4) is 0 Å². The maximum atomic E-state index is 12.0. The molecule has 1 aromatic rings. The van der Waals surface area contributed by atoms with E-state index in [1.54, 1.807) is 36.4 Å². The fraction of sp³-hybridized carbons (Fsp3) is 0.444.